The molecular formula is C17H17F2NO2S. The van der Waals surface area contributed by atoms with Crippen molar-refractivity contribution < 1.29 is 18.7 Å². The van der Waals surface area contributed by atoms with Crippen LogP contribution in [0, 0.1) is 24.5 Å². The minimum Gasteiger partial charge on any atom is -0.387 e. The standard InChI is InChI=1S/C17H17F2NO2S/c1-9-2-5-16(23-9)11-7-12(11)17(22)20-8-15(21)10-3-4-13(18)14(19)6-10/h2-6,11-12,15,21H,7-8H2,1H3,(H,20,22). The van der Waals surface area contributed by atoms with E-state index in [1.54, 1.807) is 11.3 Å². The van der Waals surface area contributed by atoms with Gasteiger partial charge in [0.05, 0.1) is 6.10 Å². The lowest BCUT2D eigenvalue weighted by Crippen LogP contribution is -2.30. The molecule has 3 rings (SSSR count). The van der Waals surface area contributed by atoms with Gasteiger partial charge in [0.2, 0.25) is 5.91 Å². The highest BCUT2D eigenvalue weighted by Gasteiger charge is 2.44. The summed E-state index contributed by atoms with van der Waals surface area (Å²) in [4.78, 5) is 14.5. The van der Waals surface area contributed by atoms with Gasteiger partial charge in [0, 0.05) is 28.1 Å². The van der Waals surface area contributed by atoms with Crippen LogP contribution in [0.25, 0.3) is 0 Å². The maximum atomic E-state index is 13.1. The Morgan fingerprint density at radius 3 is 2.78 bits per heavy atom. The number of thiophene rings is 1. The average molecular weight is 337 g/mol. The first kappa shape index (κ1) is 16.1. The Kier molecular flexibility index (Phi) is 4.46. The summed E-state index contributed by atoms with van der Waals surface area (Å²) < 4.78 is 26.0. The quantitative estimate of drug-likeness (QED) is 0.880. The number of hydrogen-bond acceptors (Lipinski definition) is 3. The number of nitrogens with one attached hydrogen (secondary N) is 1. The van der Waals surface area contributed by atoms with Crippen molar-refractivity contribution in [2.45, 2.75) is 25.4 Å². The number of halogens is 2. The number of hydrogen-bond donors (Lipinski definition) is 2. The maximum Gasteiger partial charge on any atom is 0.223 e. The van der Waals surface area contributed by atoms with E-state index in [4.69, 9.17) is 0 Å². The van der Waals surface area contributed by atoms with Crippen molar-refractivity contribution in [2.24, 2.45) is 5.92 Å². The molecule has 122 valence electrons. The normalized spacial score (nSPS) is 21.0. The SMILES string of the molecule is Cc1ccc(C2CC2C(=O)NCC(O)c2ccc(F)c(F)c2)s1. The van der Waals surface area contributed by atoms with Crippen LogP contribution in [-0.4, -0.2) is 17.6 Å². The Morgan fingerprint density at radius 1 is 1.35 bits per heavy atom. The molecule has 1 heterocycles. The molecule has 1 aliphatic carbocycles. The van der Waals surface area contributed by atoms with Crippen molar-refractivity contribution in [3.05, 3.63) is 57.3 Å². The Balaban J connectivity index is 1.52. The molecule has 1 aromatic carbocycles. The van der Waals surface area contributed by atoms with Gasteiger partial charge < -0.3 is 10.4 Å². The molecule has 3 unspecified atom stereocenters. The number of benzene rings is 1. The lowest BCUT2D eigenvalue weighted by molar-refractivity contribution is -0.122. The zero-order chi connectivity index (χ0) is 16.6. The van der Waals surface area contributed by atoms with Crippen LogP contribution in [-0.2, 0) is 4.79 Å². The van der Waals surface area contributed by atoms with Crippen molar-refractivity contribution in [1.82, 2.24) is 5.32 Å². The number of rotatable bonds is 5. The predicted molar refractivity (Wildman–Crippen MR) is 84.2 cm³/mol. The second-order valence-corrected chi connectivity index (χ2v) is 7.15. The van der Waals surface area contributed by atoms with Crippen molar-refractivity contribution >= 4 is 17.2 Å². The van der Waals surface area contributed by atoms with E-state index < -0.39 is 17.7 Å². The number of aliphatic hydroxyl groups is 1. The van der Waals surface area contributed by atoms with E-state index in [0.29, 0.717) is 0 Å². The molecule has 3 nitrogen and oxygen atoms in total. The summed E-state index contributed by atoms with van der Waals surface area (Å²) in [6.07, 6.45) is -0.247. The molecule has 1 aliphatic rings. The molecule has 6 heteroatoms. The second kappa shape index (κ2) is 6.37. The van der Waals surface area contributed by atoms with E-state index in [-0.39, 0.29) is 29.9 Å². The molecule has 0 bridgehead atoms. The topological polar surface area (TPSA) is 49.3 Å². The fourth-order valence-corrected chi connectivity index (χ4v) is 3.67. The summed E-state index contributed by atoms with van der Waals surface area (Å²) in [5.41, 5.74) is 0.241. The van der Waals surface area contributed by atoms with E-state index in [1.807, 2.05) is 19.1 Å². The molecule has 3 atom stereocenters. The van der Waals surface area contributed by atoms with Gasteiger partial charge in [0.1, 0.15) is 0 Å². The molecule has 0 aliphatic heterocycles. The molecule has 1 aromatic heterocycles. The molecule has 1 fully saturated rings. The van der Waals surface area contributed by atoms with E-state index in [0.717, 1.165) is 18.6 Å². The van der Waals surface area contributed by atoms with Crippen LogP contribution in [0.3, 0.4) is 0 Å². The van der Waals surface area contributed by atoms with E-state index >= 15 is 0 Å². The van der Waals surface area contributed by atoms with Gasteiger partial charge in [0.15, 0.2) is 11.6 Å². The van der Waals surface area contributed by atoms with Gasteiger partial charge >= 0.3 is 0 Å². The average Bonchev–Trinajstić information content (AvgIpc) is 3.22. The van der Waals surface area contributed by atoms with Crippen LogP contribution in [0.5, 0.6) is 0 Å². The summed E-state index contributed by atoms with van der Waals surface area (Å²) in [5.74, 6) is -1.89. The van der Waals surface area contributed by atoms with Crippen LogP contribution in [0.1, 0.15) is 33.8 Å². The fourth-order valence-electron chi connectivity index (χ4n) is 2.62. The molecule has 0 spiro atoms. The Hall–Kier alpha value is -1.79. The summed E-state index contributed by atoms with van der Waals surface area (Å²) in [7, 11) is 0. The molecule has 1 saturated carbocycles. The summed E-state index contributed by atoms with van der Waals surface area (Å²) in [5, 5.41) is 12.7. The Morgan fingerprint density at radius 2 is 2.13 bits per heavy atom. The van der Waals surface area contributed by atoms with Crippen molar-refractivity contribution in [2.75, 3.05) is 6.54 Å². The van der Waals surface area contributed by atoms with Gasteiger partial charge in [-0.2, -0.15) is 0 Å². The fraction of sp³-hybridized carbons (Fsp3) is 0.353. The molecular weight excluding hydrogens is 320 g/mol. The molecule has 0 saturated heterocycles. The highest BCUT2D eigenvalue weighted by Crippen LogP contribution is 2.49. The first-order chi connectivity index (χ1) is 11.0. The highest BCUT2D eigenvalue weighted by atomic mass is 32.1. The van der Waals surface area contributed by atoms with Crippen LogP contribution >= 0.6 is 11.3 Å². The number of carbonyl (C=O) groups excluding carboxylic acids is 1. The van der Waals surface area contributed by atoms with Crippen LogP contribution in [0.4, 0.5) is 8.78 Å². The third kappa shape index (κ3) is 3.59. The molecule has 0 radical (unpaired) electrons. The van der Waals surface area contributed by atoms with Gasteiger partial charge in [0.25, 0.3) is 0 Å². The molecule has 2 N–H and O–H groups in total. The zero-order valence-corrected chi connectivity index (χ0v) is 13.4. The largest absolute Gasteiger partial charge is 0.387 e. The predicted octanol–water partition coefficient (Wildman–Crippen LogP) is 3.29. The van der Waals surface area contributed by atoms with Gasteiger partial charge in [-0.15, -0.1) is 11.3 Å². The van der Waals surface area contributed by atoms with Crippen molar-refractivity contribution in [3.8, 4) is 0 Å². The maximum absolute atomic E-state index is 13.1. The summed E-state index contributed by atoms with van der Waals surface area (Å²) in [6, 6.07) is 7.31. The Bertz CT molecular complexity index is 731. The lowest BCUT2D eigenvalue weighted by Gasteiger charge is -2.12. The van der Waals surface area contributed by atoms with Gasteiger partial charge in [-0.3, -0.25) is 4.79 Å². The van der Waals surface area contributed by atoms with Gasteiger partial charge in [-0.05, 0) is 43.2 Å². The van der Waals surface area contributed by atoms with E-state index in [2.05, 4.69) is 5.32 Å². The van der Waals surface area contributed by atoms with Crippen LogP contribution in [0.15, 0.2) is 30.3 Å². The third-order valence-electron chi connectivity index (χ3n) is 4.05. The molecule has 23 heavy (non-hydrogen) atoms. The van der Waals surface area contributed by atoms with Crippen LogP contribution in [0.2, 0.25) is 0 Å². The molecule has 1 amide bonds. The summed E-state index contributed by atoms with van der Waals surface area (Å²) >= 11 is 1.70. The minimum absolute atomic E-state index is 0.0173. The lowest BCUT2D eigenvalue weighted by atomic mass is 10.1. The minimum atomic E-state index is -1.06. The van der Waals surface area contributed by atoms with Crippen molar-refractivity contribution in [3.63, 3.8) is 0 Å². The summed E-state index contributed by atoms with van der Waals surface area (Å²) in [6.45, 7) is 2.01. The molecule has 2 aromatic rings. The van der Waals surface area contributed by atoms with Gasteiger partial charge in [-0.25, -0.2) is 8.78 Å². The van der Waals surface area contributed by atoms with E-state index in [9.17, 15) is 18.7 Å². The number of carbonyl (C=O) groups is 1. The monoisotopic (exact) mass is 337 g/mol. The Labute approximate surface area is 137 Å². The van der Waals surface area contributed by atoms with Gasteiger partial charge in [-0.1, -0.05) is 6.07 Å². The highest BCUT2D eigenvalue weighted by molar-refractivity contribution is 7.12. The second-order valence-electron chi connectivity index (χ2n) is 5.83. The third-order valence-corrected chi connectivity index (χ3v) is 5.18. The smallest absolute Gasteiger partial charge is 0.223 e. The first-order valence-electron chi connectivity index (χ1n) is 7.42. The van der Waals surface area contributed by atoms with Crippen molar-refractivity contribution in [1.29, 1.82) is 0 Å². The number of aryl methyl sites for hydroxylation is 1. The van der Waals surface area contributed by atoms with E-state index in [1.165, 1.54) is 15.8 Å². The van der Waals surface area contributed by atoms with Crippen LogP contribution < -0.4 is 5.32 Å². The number of aliphatic hydroxyl groups excluding tert-OH is 1. The first-order valence-corrected chi connectivity index (χ1v) is 8.24. The zero-order valence-electron chi connectivity index (χ0n) is 12.6. The number of amides is 1.